The average molecular weight is 453 g/mol. The molecule has 2 amide bonds. The number of carboxylic acids is 1. The van der Waals surface area contributed by atoms with Crippen molar-refractivity contribution < 1.29 is 19.5 Å². The molecule has 0 saturated carbocycles. The zero-order chi connectivity index (χ0) is 24.1. The van der Waals surface area contributed by atoms with Gasteiger partial charge in [-0.3, -0.25) is 14.5 Å². The Balaban J connectivity index is 1.74. The molecular formula is C25H32N4O4. The van der Waals surface area contributed by atoms with E-state index in [9.17, 15) is 19.5 Å². The molecule has 4 atom stereocenters. The van der Waals surface area contributed by atoms with Crippen molar-refractivity contribution in [2.24, 2.45) is 11.7 Å². The molecule has 33 heavy (non-hydrogen) atoms. The maximum absolute atomic E-state index is 13.2. The van der Waals surface area contributed by atoms with Crippen LogP contribution in [0.3, 0.4) is 0 Å². The number of nitrogens with two attached hydrogens (primary N) is 2. The van der Waals surface area contributed by atoms with Crippen molar-refractivity contribution in [3.05, 3.63) is 59.7 Å². The predicted octanol–water partition coefficient (Wildman–Crippen LogP) is 2.10. The van der Waals surface area contributed by atoms with E-state index in [2.05, 4.69) is 5.32 Å². The first-order valence-electron chi connectivity index (χ1n) is 11.2. The van der Waals surface area contributed by atoms with Crippen molar-refractivity contribution in [1.29, 1.82) is 0 Å². The van der Waals surface area contributed by atoms with Gasteiger partial charge in [-0.25, -0.2) is 4.79 Å². The third-order valence-electron chi connectivity index (χ3n) is 6.31. The average Bonchev–Trinajstić information content (AvgIpc) is 3.16. The van der Waals surface area contributed by atoms with Gasteiger partial charge < -0.3 is 21.9 Å². The first-order chi connectivity index (χ1) is 15.7. The van der Waals surface area contributed by atoms with Crippen LogP contribution in [0.5, 0.6) is 0 Å². The molecule has 0 radical (unpaired) electrons. The van der Waals surface area contributed by atoms with Gasteiger partial charge in [-0.2, -0.15) is 0 Å². The molecule has 3 rings (SSSR count). The summed E-state index contributed by atoms with van der Waals surface area (Å²) in [5, 5.41) is 12.7. The molecule has 176 valence electrons. The van der Waals surface area contributed by atoms with E-state index in [0.29, 0.717) is 11.4 Å². The summed E-state index contributed by atoms with van der Waals surface area (Å²) in [7, 11) is 0. The van der Waals surface area contributed by atoms with Gasteiger partial charge in [0.2, 0.25) is 11.8 Å². The van der Waals surface area contributed by atoms with Gasteiger partial charge in [-0.15, -0.1) is 0 Å². The monoisotopic (exact) mass is 452 g/mol. The fourth-order valence-corrected chi connectivity index (χ4v) is 4.35. The van der Waals surface area contributed by atoms with Crippen LogP contribution >= 0.6 is 0 Å². The van der Waals surface area contributed by atoms with Crippen molar-refractivity contribution in [2.75, 3.05) is 10.6 Å². The van der Waals surface area contributed by atoms with E-state index in [-0.39, 0.29) is 37.0 Å². The fourth-order valence-electron chi connectivity index (χ4n) is 4.35. The second kappa shape index (κ2) is 10.5. The van der Waals surface area contributed by atoms with E-state index in [1.165, 1.54) is 4.90 Å². The molecule has 0 aliphatic carbocycles. The number of hydrogen-bond donors (Lipinski definition) is 4. The third-order valence-corrected chi connectivity index (χ3v) is 6.31. The number of carbonyl (C=O) groups excluding carboxylic acids is 2. The predicted molar refractivity (Wildman–Crippen MR) is 128 cm³/mol. The van der Waals surface area contributed by atoms with Crippen molar-refractivity contribution in [2.45, 2.75) is 57.7 Å². The molecule has 0 bridgehead atoms. The van der Waals surface area contributed by atoms with Gasteiger partial charge in [0, 0.05) is 36.3 Å². The van der Waals surface area contributed by atoms with E-state index >= 15 is 0 Å². The van der Waals surface area contributed by atoms with Crippen LogP contribution in [-0.4, -0.2) is 41.0 Å². The van der Waals surface area contributed by atoms with Gasteiger partial charge in [0.1, 0.15) is 6.04 Å². The highest BCUT2D eigenvalue weighted by Gasteiger charge is 2.39. The number of aliphatic carboxylic acids is 1. The molecule has 0 spiro atoms. The Bertz CT molecular complexity index is 1010. The molecular weight excluding hydrogens is 420 g/mol. The highest BCUT2D eigenvalue weighted by atomic mass is 16.4. The van der Waals surface area contributed by atoms with Gasteiger partial charge in [0.25, 0.3) is 0 Å². The summed E-state index contributed by atoms with van der Waals surface area (Å²) in [4.78, 5) is 39.1. The lowest BCUT2D eigenvalue weighted by Gasteiger charge is -2.31. The summed E-state index contributed by atoms with van der Waals surface area (Å²) in [5.74, 6) is -1.60. The zero-order valence-corrected chi connectivity index (χ0v) is 19.0. The molecule has 6 N–H and O–H groups in total. The number of nitrogen functional groups attached to an aromatic ring is 1. The van der Waals surface area contributed by atoms with E-state index in [4.69, 9.17) is 11.5 Å². The van der Waals surface area contributed by atoms with E-state index < -0.39 is 24.1 Å². The molecule has 0 saturated heterocycles. The van der Waals surface area contributed by atoms with Crippen molar-refractivity contribution in [1.82, 2.24) is 5.32 Å². The molecule has 1 heterocycles. The number of carbonyl (C=O) groups is 3. The number of anilines is 2. The van der Waals surface area contributed by atoms with E-state index in [0.717, 1.165) is 17.5 Å². The highest BCUT2D eigenvalue weighted by Crippen LogP contribution is 2.34. The lowest BCUT2D eigenvalue weighted by Crippen LogP contribution is -2.54. The molecule has 1 aliphatic heterocycles. The molecule has 8 heteroatoms. The highest BCUT2D eigenvalue weighted by molar-refractivity contribution is 6.02. The summed E-state index contributed by atoms with van der Waals surface area (Å²) in [6.45, 7) is 3.98. The van der Waals surface area contributed by atoms with Gasteiger partial charge in [0.05, 0.1) is 6.42 Å². The number of nitrogens with one attached hydrogen (secondary N) is 1. The van der Waals surface area contributed by atoms with Gasteiger partial charge in [0.15, 0.2) is 0 Å². The van der Waals surface area contributed by atoms with E-state index in [1.54, 1.807) is 18.2 Å². The van der Waals surface area contributed by atoms with Crippen LogP contribution in [0.1, 0.15) is 37.8 Å². The Labute approximate surface area is 193 Å². The van der Waals surface area contributed by atoms with Gasteiger partial charge in [-0.1, -0.05) is 50.6 Å². The number of benzene rings is 2. The van der Waals surface area contributed by atoms with Crippen molar-refractivity contribution in [3.8, 4) is 0 Å². The Hall–Kier alpha value is -3.39. The quantitative estimate of drug-likeness (QED) is 0.430. The van der Waals surface area contributed by atoms with E-state index in [1.807, 2.05) is 44.2 Å². The maximum atomic E-state index is 13.2. The Morgan fingerprint density at radius 1 is 1.18 bits per heavy atom. The van der Waals surface area contributed by atoms with Crippen LogP contribution in [0.25, 0.3) is 0 Å². The summed E-state index contributed by atoms with van der Waals surface area (Å²) >= 11 is 0. The summed E-state index contributed by atoms with van der Waals surface area (Å²) in [6.07, 6.45) is 1.09. The number of rotatable bonds is 9. The smallest absolute Gasteiger partial charge is 0.327 e. The summed E-state index contributed by atoms with van der Waals surface area (Å²) < 4.78 is 0. The zero-order valence-electron chi connectivity index (χ0n) is 19.0. The molecule has 2 aromatic carbocycles. The van der Waals surface area contributed by atoms with Crippen molar-refractivity contribution >= 4 is 29.2 Å². The normalized spacial score (nSPS) is 17.7. The molecule has 0 aromatic heterocycles. The minimum atomic E-state index is -1.08. The van der Waals surface area contributed by atoms with Crippen LogP contribution in [0.15, 0.2) is 48.5 Å². The van der Waals surface area contributed by atoms with Crippen LogP contribution in [0.4, 0.5) is 11.4 Å². The number of carboxylic acid groups (broad SMARTS) is 1. The van der Waals surface area contributed by atoms with Gasteiger partial charge in [-0.05, 0) is 35.2 Å². The van der Waals surface area contributed by atoms with Crippen LogP contribution < -0.4 is 21.7 Å². The molecule has 8 nitrogen and oxygen atoms in total. The standard InChI is InChI=1S/C25H32N4O4/c1-3-15(2)24(28-22(30)11-16-7-5-4-6-8-16)19(27)14-23(31)29-20-10-9-18(26)12-17(20)13-21(29)25(32)33/h4-10,12,15,19,21,24H,3,11,13-14,26-27H2,1-2H3,(H,28,30)(H,32,33). The second-order valence-corrected chi connectivity index (χ2v) is 8.72. The Kier molecular flexibility index (Phi) is 7.71. The molecule has 4 unspecified atom stereocenters. The Morgan fingerprint density at radius 3 is 2.52 bits per heavy atom. The number of amides is 2. The maximum Gasteiger partial charge on any atom is 0.327 e. The SMILES string of the molecule is CCC(C)C(NC(=O)Cc1ccccc1)C(N)CC(=O)N1c2ccc(N)cc2CC1C(=O)O. The number of hydrogen-bond acceptors (Lipinski definition) is 5. The van der Waals surface area contributed by atoms with Crippen LogP contribution in [0, 0.1) is 5.92 Å². The lowest BCUT2D eigenvalue weighted by atomic mass is 9.90. The summed E-state index contributed by atoms with van der Waals surface area (Å²) in [6, 6.07) is 12.3. The van der Waals surface area contributed by atoms with Crippen LogP contribution in [-0.2, 0) is 27.2 Å². The Morgan fingerprint density at radius 2 is 1.88 bits per heavy atom. The summed E-state index contributed by atoms with van der Waals surface area (Å²) in [5.41, 5.74) is 14.9. The first-order valence-corrected chi connectivity index (χ1v) is 11.2. The topological polar surface area (TPSA) is 139 Å². The second-order valence-electron chi connectivity index (χ2n) is 8.72. The molecule has 0 fully saturated rings. The van der Waals surface area contributed by atoms with Gasteiger partial charge >= 0.3 is 5.97 Å². The van der Waals surface area contributed by atoms with Crippen molar-refractivity contribution in [3.63, 3.8) is 0 Å². The number of fused-ring (bicyclic) bond motifs is 1. The third kappa shape index (κ3) is 5.70. The minimum Gasteiger partial charge on any atom is -0.480 e. The lowest BCUT2D eigenvalue weighted by molar-refractivity contribution is -0.140. The van der Waals surface area contributed by atoms with Crippen LogP contribution in [0.2, 0.25) is 0 Å². The fraction of sp³-hybridized carbons (Fsp3) is 0.400. The number of nitrogens with zero attached hydrogens (tertiary/aromatic N) is 1. The largest absolute Gasteiger partial charge is 0.480 e. The first kappa shape index (κ1) is 24.3. The minimum absolute atomic E-state index is 0.0356. The molecule has 2 aromatic rings. The molecule has 1 aliphatic rings.